The van der Waals surface area contributed by atoms with Crippen LogP contribution >= 0.6 is 31.9 Å². The zero-order chi connectivity index (χ0) is 14.5. The molecule has 1 amide bonds. The number of anilines is 2. The van der Waals surface area contributed by atoms with Crippen molar-refractivity contribution in [2.24, 2.45) is 0 Å². The molecule has 2 aromatic carbocycles. The Bertz CT molecular complexity index is 614. The molecule has 0 heterocycles. The van der Waals surface area contributed by atoms with Crippen molar-refractivity contribution in [1.82, 2.24) is 0 Å². The molecular formula is C14H11Br2FN2O. The fourth-order valence-electron chi connectivity index (χ4n) is 1.59. The summed E-state index contributed by atoms with van der Waals surface area (Å²) in [5.74, 6) is -0.777. The maximum Gasteiger partial charge on any atom is 0.243 e. The lowest BCUT2D eigenvalue weighted by Crippen LogP contribution is -2.22. The van der Waals surface area contributed by atoms with Gasteiger partial charge in [-0.15, -0.1) is 0 Å². The number of nitrogens with one attached hydrogen (secondary N) is 2. The molecule has 0 atom stereocenters. The summed E-state index contributed by atoms with van der Waals surface area (Å²) in [5, 5.41) is 5.50. The van der Waals surface area contributed by atoms with Gasteiger partial charge >= 0.3 is 0 Å². The number of benzene rings is 2. The Hall–Kier alpha value is -1.40. The predicted octanol–water partition coefficient (Wildman–Crippen LogP) is 4.40. The van der Waals surface area contributed by atoms with E-state index >= 15 is 0 Å². The van der Waals surface area contributed by atoms with Crippen molar-refractivity contribution in [3.63, 3.8) is 0 Å². The maximum atomic E-state index is 13.4. The van der Waals surface area contributed by atoms with Crippen LogP contribution < -0.4 is 10.6 Å². The Morgan fingerprint density at radius 1 is 1.05 bits per heavy atom. The topological polar surface area (TPSA) is 41.1 Å². The summed E-state index contributed by atoms with van der Waals surface area (Å²) in [7, 11) is 0. The average Bonchev–Trinajstić information content (AvgIpc) is 2.41. The Kier molecular flexibility index (Phi) is 5.14. The summed E-state index contributed by atoms with van der Waals surface area (Å²) in [5.41, 5.74) is 0.946. The highest BCUT2D eigenvalue weighted by molar-refractivity contribution is 9.11. The van der Waals surface area contributed by atoms with Crippen LogP contribution in [0.1, 0.15) is 0 Å². The minimum absolute atomic E-state index is 0.0372. The number of halogens is 3. The molecule has 0 aliphatic carbocycles. The second-order valence-corrected chi connectivity index (χ2v) is 5.69. The van der Waals surface area contributed by atoms with E-state index in [0.29, 0.717) is 0 Å². The first kappa shape index (κ1) is 15.0. The van der Waals surface area contributed by atoms with Crippen molar-refractivity contribution in [2.45, 2.75) is 0 Å². The van der Waals surface area contributed by atoms with Gasteiger partial charge in [0.1, 0.15) is 5.82 Å². The summed E-state index contributed by atoms with van der Waals surface area (Å²) in [6, 6.07) is 11.6. The molecule has 3 nitrogen and oxygen atoms in total. The van der Waals surface area contributed by atoms with Crippen LogP contribution in [0.25, 0.3) is 0 Å². The van der Waals surface area contributed by atoms with Gasteiger partial charge in [0.15, 0.2) is 0 Å². The quantitative estimate of drug-likeness (QED) is 0.797. The van der Waals surface area contributed by atoms with Gasteiger partial charge in [-0.1, -0.05) is 18.2 Å². The molecule has 0 unspecified atom stereocenters. The van der Waals surface area contributed by atoms with E-state index in [1.54, 1.807) is 12.1 Å². The van der Waals surface area contributed by atoms with E-state index in [4.69, 9.17) is 0 Å². The normalized spacial score (nSPS) is 10.2. The van der Waals surface area contributed by atoms with Crippen LogP contribution in [0.15, 0.2) is 51.4 Å². The zero-order valence-corrected chi connectivity index (χ0v) is 13.5. The molecule has 0 radical (unpaired) electrons. The zero-order valence-electron chi connectivity index (χ0n) is 10.3. The summed E-state index contributed by atoms with van der Waals surface area (Å²) in [6.07, 6.45) is 0. The number of para-hydroxylation sites is 2. The van der Waals surface area contributed by atoms with Crippen molar-refractivity contribution >= 4 is 49.1 Å². The molecule has 0 aliphatic rings. The molecule has 6 heteroatoms. The highest BCUT2D eigenvalue weighted by Gasteiger charge is 2.08. The predicted molar refractivity (Wildman–Crippen MR) is 85.4 cm³/mol. The number of amides is 1. The molecule has 2 rings (SSSR count). The fraction of sp³-hybridized carbons (Fsp3) is 0.0714. The monoisotopic (exact) mass is 400 g/mol. The second kappa shape index (κ2) is 6.85. The maximum absolute atomic E-state index is 13.4. The van der Waals surface area contributed by atoms with Gasteiger partial charge in [0, 0.05) is 8.95 Å². The van der Waals surface area contributed by atoms with E-state index in [1.807, 2.05) is 18.2 Å². The molecule has 0 aliphatic heterocycles. The minimum atomic E-state index is -0.456. The van der Waals surface area contributed by atoms with E-state index < -0.39 is 5.82 Å². The minimum Gasteiger partial charge on any atom is -0.374 e. The molecule has 0 bridgehead atoms. The van der Waals surface area contributed by atoms with Gasteiger partial charge in [-0.05, 0) is 56.1 Å². The number of hydrogen-bond donors (Lipinski definition) is 2. The first-order valence-corrected chi connectivity index (χ1v) is 7.39. The highest BCUT2D eigenvalue weighted by Crippen LogP contribution is 2.30. The van der Waals surface area contributed by atoms with Gasteiger partial charge in [-0.2, -0.15) is 0 Å². The number of carbonyl (C=O) groups is 1. The van der Waals surface area contributed by atoms with Crippen LogP contribution in [0.5, 0.6) is 0 Å². The lowest BCUT2D eigenvalue weighted by molar-refractivity contribution is -0.114. The van der Waals surface area contributed by atoms with Crippen LogP contribution in [0.3, 0.4) is 0 Å². The van der Waals surface area contributed by atoms with Crippen molar-refractivity contribution in [3.05, 3.63) is 57.2 Å². The molecular weight excluding hydrogens is 391 g/mol. The van der Waals surface area contributed by atoms with Crippen LogP contribution in [-0.2, 0) is 4.79 Å². The fourth-order valence-corrected chi connectivity index (χ4v) is 2.87. The first-order chi connectivity index (χ1) is 9.58. The summed E-state index contributed by atoms with van der Waals surface area (Å²) in [6.45, 7) is 0.0372. The Balaban J connectivity index is 1.98. The van der Waals surface area contributed by atoms with Crippen LogP contribution in [-0.4, -0.2) is 12.5 Å². The molecule has 0 spiro atoms. The molecule has 2 aromatic rings. The van der Waals surface area contributed by atoms with Crippen molar-refractivity contribution < 1.29 is 9.18 Å². The third-order valence-electron chi connectivity index (χ3n) is 2.54. The molecule has 0 fully saturated rings. The molecule has 104 valence electrons. The standard InChI is InChI=1S/C14H11Br2FN2O/c15-9-4-3-5-10(16)14(9)18-8-13(20)19-12-7-2-1-6-11(12)17/h1-7,18H,8H2,(H,19,20). The molecule has 0 aromatic heterocycles. The number of rotatable bonds is 4. The molecule has 0 saturated heterocycles. The number of carbonyl (C=O) groups excluding carboxylic acids is 1. The van der Waals surface area contributed by atoms with Crippen molar-refractivity contribution in [2.75, 3.05) is 17.2 Å². The number of hydrogen-bond acceptors (Lipinski definition) is 2. The van der Waals surface area contributed by atoms with Gasteiger partial charge in [0.2, 0.25) is 5.91 Å². The van der Waals surface area contributed by atoms with E-state index in [0.717, 1.165) is 14.6 Å². The second-order valence-electron chi connectivity index (χ2n) is 3.98. The third-order valence-corrected chi connectivity index (χ3v) is 3.86. The van der Waals surface area contributed by atoms with E-state index in [1.165, 1.54) is 12.1 Å². The molecule has 2 N–H and O–H groups in total. The Morgan fingerprint density at radius 3 is 2.35 bits per heavy atom. The summed E-state index contributed by atoms with van der Waals surface area (Å²) in [4.78, 5) is 11.8. The van der Waals surface area contributed by atoms with Gasteiger partial charge in [0.05, 0.1) is 17.9 Å². The van der Waals surface area contributed by atoms with Gasteiger partial charge in [-0.25, -0.2) is 4.39 Å². The van der Waals surface area contributed by atoms with E-state index in [2.05, 4.69) is 42.5 Å². The summed E-state index contributed by atoms with van der Waals surface area (Å²) < 4.78 is 15.1. The van der Waals surface area contributed by atoms with Gasteiger partial charge in [0.25, 0.3) is 0 Å². The van der Waals surface area contributed by atoms with Crippen LogP contribution in [0, 0.1) is 5.82 Å². The Morgan fingerprint density at radius 2 is 1.70 bits per heavy atom. The van der Waals surface area contributed by atoms with Crippen molar-refractivity contribution in [1.29, 1.82) is 0 Å². The third kappa shape index (κ3) is 3.80. The van der Waals surface area contributed by atoms with Gasteiger partial charge < -0.3 is 10.6 Å². The lowest BCUT2D eigenvalue weighted by Gasteiger charge is -2.11. The highest BCUT2D eigenvalue weighted by atomic mass is 79.9. The van der Waals surface area contributed by atoms with Gasteiger partial charge in [-0.3, -0.25) is 4.79 Å². The summed E-state index contributed by atoms with van der Waals surface area (Å²) >= 11 is 6.78. The van der Waals surface area contributed by atoms with Crippen molar-refractivity contribution in [3.8, 4) is 0 Å². The smallest absolute Gasteiger partial charge is 0.243 e. The molecule has 20 heavy (non-hydrogen) atoms. The molecule has 0 saturated carbocycles. The van der Waals surface area contributed by atoms with E-state index in [9.17, 15) is 9.18 Å². The average molecular weight is 402 g/mol. The first-order valence-electron chi connectivity index (χ1n) is 5.80. The Labute approximate surface area is 132 Å². The lowest BCUT2D eigenvalue weighted by atomic mass is 10.3. The largest absolute Gasteiger partial charge is 0.374 e. The van der Waals surface area contributed by atoms with Crippen LogP contribution in [0.4, 0.5) is 15.8 Å². The van der Waals surface area contributed by atoms with Crippen LogP contribution in [0.2, 0.25) is 0 Å². The SMILES string of the molecule is O=C(CNc1c(Br)cccc1Br)Nc1ccccc1F. The van der Waals surface area contributed by atoms with E-state index in [-0.39, 0.29) is 18.1 Å².